The van der Waals surface area contributed by atoms with Gasteiger partial charge in [0.15, 0.2) is 5.78 Å². The molecule has 6 heteroatoms. The molecule has 6 nitrogen and oxygen atoms in total. The van der Waals surface area contributed by atoms with Gasteiger partial charge in [-0.05, 0) is 24.8 Å². The van der Waals surface area contributed by atoms with Crippen LogP contribution in [0.3, 0.4) is 0 Å². The summed E-state index contributed by atoms with van der Waals surface area (Å²) in [5.41, 5.74) is 2.02. The second-order valence-electron chi connectivity index (χ2n) is 4.38. The fourth-order valence-electron chi connectivity index (χ4n) is 1.83. The summed E-state index contributed by atoms with van der Waals surface area (Å²) in [5, 5.41) is 14.5. The van der Waals surface area contributed by atoms with Gasteiger partial charge < -0.3 is 10.1 Å². The van der Waals surface area contributed by atoms with E-state index < -0.39 is 4.92 Å². The Morgan fingerprint density at radius 1 is 1.42 bits per heavy atom. The molecule has 0 aliphatic rings. The first kappa shape index (κ1) is 12.9. The summed E-state index contributed by atoms with van der Waals surface area (Å²) in [6.45, 7) is 3.50. The lowest BCUT2D eigenvalue weighted by Crippen LogP contribution is -2.11. The number of ketones is 1. The van der Waals surface area contributed by atoms with Crippen LogP contribution in [0.2, 0.25) is 0 Å². The highest BCUT2D eigenvalue weighted by Crippen LogP contribution is 2.14. The summed E-state index contributed by atoms with van der Waals surface area (Å²) in [6, 6.07) is 7.21. The Labute approximate surface area is 109 Å². The third-order valence-electron chi connectivity index (χ3n) is 2.74. The van der Waals surface area contributed by atoms with Crippen molar-refractivity contribution in [2.45, 2.75) is 20.4 Å². The minimum absolute atomic E-state index is 0.00185. The molecule has 0 saturated heterocycles. The minimum Gasteiger partial charge on any atom is -0.358 e. The van der Waals surface area contributed by atoms with E-state index in [-0.39, 0.29) is 18.1 Å². The maximum atomic E-state index is 12.0. The van der Waals surface area contributed by atoms with E-state index in [1.807, 2.05) is 13.0 Å². The molecule has 1 aromatic heterocycles. The van der Waals surface area contributed by atoms with Gasteiger partial charge >= 0.3 is 5.82 Å². The lowest BCUT2D eigenvalue weighted by Gasteiger charge is -2.00. The van der Waals surface area contributed by atoms with Gasteiger partial charge in [-0.15, -0.1) is 0 Å². The number of carbonyl (C=O) groups is 1. The Balaban J connectivity index is 2.20. The molecule has 0 spiro atoms. The van der Waals surface area contributed by atoms with E-state index in [1.54, 1.807) is 25.1 Å². The summed E-state index contributed by atoms with van der Waals surface area (Å²) in [7, 11) is 0. The number of carbonyl (C=O) groups excluding carboxylic acids is 1. The van der Waals surface area contributed by atoms with Gasteiger partial charge in [-0.25, -0.2) is 0 Å². The summed E-state index contributed by atoms with van der Waals surface area (Å²) in [6.07, 6.45) is 1.51. The van der Waals surface area contributed by atoms with Gasteiger partial charge in [0.25, 0.3) is 0 Å². The van der Waals surface area contributed by atoms with E-state index in [1.165, 1.54) is 10.9 Å². The molecule has 98 valence electrons. The number of hydrogen-bond donors (Lipinski definition) is 0. The van der Waals surface area contributed by atoms with E-state index in [4.69, 9.17) is 0 Å². The minimum atomic E-state index is -0.553. The lowest BCUT2D eigenvalue weighted by atomic mass is 10.1. The highest BCUT2D eigenvalue weighted by atomic mass is 16.6. The molecule has 0 unspecified atom stereocenters. The molecule has 0 aliphatic heterocycles. The van der Waals surface area contributed by atoms with Gasteiger partial charge in [-0.1, -0.05) is 23.8 Å². The normalized spacial score (nSPS) is 10.4. The molecule has 0 bridgehead atoms. The number of Topliss-reactive ketones (excluding diaryl/α,β-unsaturated/α-hetero) is 1. The molecule has 1 heterocycles. The van der Waals surface area contributed by atoms with Crippen LogP contribution < -0.4 is 0 Å². The van der Waals surface area contributed by atoms with Gasteiger partial charge in [0.2, 0.25) is 0 Å². The SMILES string of the molecule is Cc1cccc(C(=O)Cn2cc(C)c([N+](=O)[O-])n2)c1. The average Bonchev–Trinajstić information content (AvgIpc) is 2.70. The first-order chi connectivity index (χ1) is 8.97. The van der Waals surface area contributed by atoms with Crippen molar-refractivity contribution in [1.29, 1.82) is 0 Å². The largest absolute Gasteiger partial charge is 0.392 e. The predicted molar refractivity (Wildman–Crippen MR) is 69.1 cm³/mol. The Hall–Kier alpha value is -2.50. The topological polar surface area (TPSA) is 78.0 Å². The summed E-state index contributed by atoms with van der Waals surface area (Å²) >= 11 is 0. The summed E-state index contributed by atoms with van der Waals surface area (Å²) < 4.78 is 1.30. The fourth-order valence-corrected chi connectivity index (χ4v) is 1.83. The van der Waals surface area contributed by atoms with Crippen LogP contribution in [0, 0.1) is 24.0 Å². The van der Waals surface area contributed by atoms with Crippen molar-refractivity contribution in [2.24, 2.45) is 0 Å². The van der Waals surface area contributed by atoms with Crippen LogP contribution in [0.4, 0.5) is 5.82 Å². The number of aromatic nitrogens is 2. The molecule has 0 aliphatic carbocycles. The number of nitrogens with zero attached hydrogens (tertiary/aromatic N) is 3. The average molecular weight is 259 g/mol. The number of aryl methyl sites for hydroxylation is 2. The third kappa shape index (κ3) is 2.85. The quantitative estimate of drug-likeness (QED) is 0.479. The van der Waals surface area contributed by atoms with E-state index in [0.29, 0.717) is 11.1 Å². The molecule has 19 heavy (non-hydrogen) atoms. The zero-order valence-corrected chi connectivity index (χ0v) is 10.7. The van der Waals surface area contributed by atoms with Crippen LogP contribution in [0.15, 0.2) is 30.5 Å². The second kappa shape index (κ2) is 5.01. The zero-order valence-electron chi connectivity index (χ0n) is 10.7. The number of nitro groups is 1. The van der Waals surface area contributed by atoms with Gasteiger partial charge in [0.05, 0.1) is 16.9 Å². The van der Waals surface area contributed by atoms with Crippen LogP contribution in [-0.2, 0) is 6.54 Å². The number of benzene rings is 1. The van der Waals surface area contributed by atoms with E-state index in [2.05, 4.69) is 5.10 Å². The van der Waals surface area contributed by atoms with Crippen LogP contribution >= 0.6 is 0 Å². The van der Waals surface area contributed by atoms with Gasteiger partial charge in [0, 0.05) is 5.56 Å². The highest BCUT2D eigenvalue weighted by molar-refractivity contribution is 5.96. The Kier molecular flexibility index (Phi) is 3.41. The van der Waals surface area contributed by atoms with Crippen LogP contribution in [0.5, 0.6) is 0 Å². The van der Waals surface area contributed by atoms with E-state index in [9.17, 15) is 14.9 Å². The van der Waals surface area contributed by atoms with Crippen molar-refractivity contribution in [3.8, 4) is 0 Å². The molecule has 0 amide bonds. The lowest BCUT2D eigenvalue weighted by molar-refractivity contribution is -0.390. The smallest absolute Gasteiger partial charge is 0.358 e. The van der Waals surface area contributed by atoms with Gasteiger partial charge in [-0.3, -0.25) is 4.79 Å². The van der Waals surface area contributed by atoms with E-state index in [0.717, 1.165) is 5.56 Å². The summed E-state index contributed by atoms with van der Waals surface area (Å²) in [5.74, 6) is -0.335. The molecular weight excluding hydrogens is 246 g/mol. The fraction of sp³-hybridized carbons (Fsp3) is 0.231. The second-order valence-corrected chi connectivity index (χ2v) is 4.38. The molecule has 0 N–H and O–H groups in total. The maximum absolute atomic E-state index is 12.0. The maximum Gasteiger partial charge on any atom is 0.392 e. The first-order valence-electron chi connectivity index (χ1n) is 5.75. The Morgan fingerprint density at radius 3 is 2.74 bits per heavy atom. The van der Waals surface area contributed by atoms with Crippen molar-refractivity contribution in [2.75, 3.05) is 0 Å². The molecule has 2 aromatic rings. The van der Waals surface area contributed by atoms with Crippen LogP contribution in [0.25, 0.3) is 0 Å². The van der Waals surface area contributed by atoms with Crippen molar-refractivity contribution < 1.29 is 9.72 Å². The highest BCUT2D eigenvalue weighted by Gasteiger charge is 2.18. The third-order valence-corrected chi connectivity index (χ3v) is 2.74. The van der Waals surface area contributed by atoms with Crippen LogP contribution in [0.1, 0.15) is 21.5 Å². The monoisotopic (exact) mass is 259 g/mol. The molecule has 0 fully saturated rings. The number of rotatable bonds is 4. The molecule has 1 aromatic carbocycles. The predicted octanol–water partition coefficient (Wildman–Crippen LogP) is 2.29. The molecule has 0 atom stereocenters. The molecule has 2 rings (SSSR count). The van der Waals surface area contributed by atoms with E-state index >= 15 is 0 Å². The van der Waals surface area contributed by atoms with Crippen molar-refractivity contribution in [1.82, 2.24) is 9.78 Å². The zero-order chi connectivity index (χ0) is 14.0. The number of hydrogen-bond acceptors (Lipinski definition) is 4. The summed E-state index contributed by atoms with van der Waals surface area (Å²) in [4.78, 5) is 22.2. The Morgan fingerprint density at radius 2 is 2.16 bits per heavy atom. The molecular formula is C13H13N3O3. The molecule has 0 saturated carbocycles. The van der Waals surface area contributed by atoms with Gasteiger partial charge in [-0.2, -0.15) is 4.68 Å². The standard InChI is InChI=1S/C13H13N3O3/c1-9-4-3-5-11(6-9)12(17)8-15-7-10(2)13(14-15)16(18)19/h3-7H,8H2,1-2H3. The molecule has 0 radical (unpaired) electrons. The van der Waals surface area contributed by atoms with Crippen molar-refractivity contribution >= 4 is 11.6 Å². The Bertz CT molecular complexity index is 646. The van der Waals surface area contributed by atoms with Gasteiger partial charge in [0.1, 0.15) is 6.54 Å². The van der Waals surface area contributed by atoms with Crippen molar-refractivity contribution in [3.05, 3.63) is 57.3 Å². The van der Waals surface area contributed by atoms with Crippen LogP contribution in [-0.4, -0.2) is 20.5 Å². The van der Waals surface area contributed by atoms with Crippen molar-refractivity contribution in [3.63, 3.8) is 0 Å². The first-order valence-corrected chi connectivity index (χ1v) is 5.75.